The summed E-state index contributed by atoms with van der Waals surface area (Å²) in [6.45, 7) is 0. The van der Waals surface area contributed by atoms with Gasteiger partial charge in [-0.3, -0.25) is 0 Å². The molecule has 4 heteroatoms. The Morgan fingerprint density at radius 3 is 2.71 bits per heavy atom. The molecule has 0 spiro atoms. The van der Waals surface area contributed by atoms with Crippen molar-refractivity contribution in [1.29, 1.82) is 0 Å². The molecule has 0 amide bonds. The van der Waals surface area contributed by atoms with E-state index in [4.69, 9.17) is 0 Å². The number of aromatic nitrogens is 2. The van der Waals surface area contributed by atoms with Crippen molar-refractivity contribution in [2.24, 2.45) is 7.05 Å². The first kappa shape index (κ1) is 8.62. The number of rotatable bonds is 1. The van der Waals surface area contributed by atoms with Gasteiger partial charge in [-0.25, -0.2) is 4.98 Å². The second kappa shape index (κ2) is 3.06. The van der Waals surface area contributed by atoms with Gasteiger partial charge in [-0.05, 0) is 12.1 Å². The Balaban J connectivity index is 2.63. The Labute approximate surface area is 81.1 Å². The monoisotopic (exact) mass is 190 g/mol. The van der Waals surface area contributed by atoms with E-state index >= 15 is 0 Å². The summed E-state index contributed by atoms with van der Waals surface area (Å²) >= 11 is 0. The van der Waals surface area contributed by atoms with Gasteiger partial charge in [0, 0.05) is 19.4 Å². The van der Waals surface area contributed by atoms with Gasteiger partial charge >= 0.3 is 0 Å². The molecule has 0 aliphatic carbocycles. The third kappa shape index (κ3) is 1.21. The molecule has 14 heavy (non-hydrogen) atoms. The van der Waals surface area contributed by atoms with Crippen LogP contribution in [0.15, 0.2) is 30.6 Å². The van der Waals surface area contributed by atoms with Crippen molar-refractivity contribution in [3.8, 4) is 22.9 Å². The van der Waals surface area contributed by atoms with Gasteiger partial charge in [0.1, 0.15) is 5.82 Å². The lowest BCUT2D eigenvalue weighted by Crippen LogP contribution is -1.91. The van der Waals surface area contributed by atoms with Crippen LogP contribution in [0.3, 0.4) is 0 Å². The molecule has 2 N–H and O–H groups in total. The first-order valence-corrected chi connectivity index (χ1v) is 4.19. The van der Waals surface area contributed by atoms with Crippen molar-refractivity contribution in [1.82, 2.24) is 9.55 Å². The zero-order valence-corrected chi connectivity index (χ0v) is 7.68. The maximum Gasteiger partial charge on any atom is 0.168 e. The lowest BCUT2D eigenvalue weighted by atomic mass is 10.2. The van der Waals surface area contributed by atoms with Crippen molar-refractivity contribution < 1.29 is 10.2 Å². The molecule has 72 valence electrons. The number of phenols is 2. The number of imidazole rings is 1. The number of aromatic hydroxyl groups is 2. The fourth-order valence-electron chi connectivity index (χ4n) is 1.34. The number of aryl methyl sites for hydroxylation is 1. The lowest BCUT2D eigenvalue weighted by molar-refractivity contribution is 0.405. The summed E-state index contributed by atoms with van der Waals surface area (Å²) in [5, 5.41) is 18.9. The topological polar surface area (TPSA) is 58.3 Å². The van der Waals surface area contributed by atoms with E-state index in [-0.39, 0.29) is 11.5 Å². The van der Waals surface area contributed by atoms with Gasteiger partial charge in [-0.1, -0.05) is 6.07 Å². The predicted octanol–water partition coefficient (Wildman–Crippen LogP) is 1.50. The number of nitrogens with zero attached hydrogens (tertiary/aromatic N) is 2. The number of phenolic OH excluding ortho intramolecular Hbond substituents is 2. The fraction of sp³-hybridized carbons (Fsp3) is 0.100. The Hall–Kier alpha value is -1.97. The second-order valence-corrected chi connectivity index (χ2v) is 3.04. The normalized spacial score (nSPS) is 10.4. The number of para-hydroxylation sites is 1. The predicted molar refractivity (Wildman–Crippen MR) is 52.0 cm³/mol. The summed E-state index contributed by atoms with van der Waals surface area (Å²) in [5.74, 6) is 0.353. The standard InChI is InChI=1S/C10H10N2O2/c1-12-6-5-11-10(12)7-3-2-4-8(13)9(7)14/h2-6,13-14H,1H3. The van der Waals surface area contributed by atoms with Crippen LogP contribution in [-0.4, -0.2) is 19.8 Å². The third-order valence-corrected chi connectivity index (χ3v) is 2.08. The van der Waals surface area contributed by atoms with Crippen LogP contribution in [0.4, 0.5) is 0 Å². The van der Waals surface area contributed by atoms with Gasteiger partial charge in [0.2, 0.25) is 0 Å². The minimum atomic E-state index is -0.137. The zero-order chi connectivity index (χ0) is 10.1. The van der Waals surface area contributed by atoms with Crippen LogP contribution in [0.2, 0.25) is 0 Å². The van der Waals surface area contributed by atoms with E-state index in [0.717, 1.165) is 0 Å². The summed E-state index contributed by atoms with van der Waals surface area (Å²) in [6, 6.07) is 4.80. The second-order valence-electron chi connectivity index (χ2n) is 3.04. The van der Waals surface area contributed by atoms with Gasteiger partial charge in [0.15, 0.2) is 11.5 Å². The first-order valence-electron chi connectivity index (χ1n) is 4.19. The van der Waals surface area contributed by atoms with Gasteiger partial charge in [-0.15, -0.1) is 0 Å². The molecule has 1 heterocycles. The summed E-state index contributed by atoms with van der Waals surface area (Å²) in [7, 11) is 1.83. The minimum absolute atomic E-state index is 0.134. The maximum absolute atomic E-state index is 9.59. The molecular weight excluding hydrogens is 180 g/mol. The smallest absolute Gasteiger partial charge is 0.168 e. The highest BCUT2D eigenvalue weighted by molar-refractivity contribution is 5.67. The third-order valence-electron chi connectivity index (χ3n) is 2.08. The number of benzene rings is 1. The van der Waals surface area contributed by atoms with Crippen molar-refractivity contribution in [3.63, 3.8) is 0 Å². The number of hydrogen-bond donors (Lipinski definition) is 2. The van der Waals surface area contributed by atoms with Crippen LogP contribution in [-0.2, 0) is 7.05 Å². The van der Waals surface area contributed by atoms with Gasteiger partial charge < -0.3 is 14.8 Å². The Kier molecular flexibility index (Phi) is 1.89. The lowest BCUT2D eigenvalue weighted by Gasteiger charge is -2.05. The van der Waals surface area contributed by atoms with Crippen molar-refractivity contribution in [2.45, 2.75) is 0 Å². The Morgan fingerprint density at radius 1 is 1.29 bits per heavy atom. The van der Waals surface area contributed by atoms with Crippen LogP contribution in [0, 0.1) is 0 Å². The highest BCUT2D eigenvalue weighted by Crippen LogP contribution is 2.34. The molecule has 0 fully saturated rings. The number of hydrogen-bond acceptors (Lipinski definition) is 3. The molecule has 0 bridgehead atoms. The van der Waals surface area contributed by atoms with E-state index in [2.05, 4.69) is 4.98 Å². The molecule has 1 aromatic heterocycles. The van der Waals surface area contributed by atoms with Gasteiger partial charge in [-0.2, -0.15) is 0 Å². The Bertz CT molecular complexity index is 463. The van der Waals surface area contributed by atoms with Crippen molar-refractivity contribution in [3.05, 3.63) is 30.6 Å². The minimum Gasteiger partial charge on any atom is -0.504 e. The van der Waals surface area contributed by atoms with E-state index < -0.39 is 0 Å². The van der Waals surface area contributed by atoms with Crippen molar-refractivity contribution >= 4 is 0 Å². The molecular formula is C10H10N2O2. The molecule has 0 atom stereocenters. The molecule has 0 saturated heterocycles. The quantitative estimate of drug-likeness (QED) is 0.670. The summed E-state index contributed by atoms with van der Waals surface area (Å²) in [4.78, 5) is 4.08. The van der Waals surface area contributed by atoms with Crippen LogP contribution in [0.1, 0.15) is 0 Å². The fourth-order valence-corrected chi connectivity index (χ4v) is 1.34. The highest BCUT2D eigenvalue weighted by atomic mass is 16.3. The van der Waals surface area contributed by atoms with E-state index in [0.29, 0.717) is 11.4 Å². The molecule has 0 radical (unpaired) electrons. The summed E-state index contributed by atoms with van der Waals surface area (Å²) in [6.07, 6.45) is 3.41. The van der Waals surface area contributed by atoms with Crippen LogP contribution in [0.25, 0.3) is 11.4 Å². The van der Waals surface area contributed by atoms with E-state index in [1.165, 1.54) is 6.07 Å². The van der Waals surface area contributed by atoms with E-state index in [9.17, 15) is 10.2 Å². The SMILES string of the molecule is Cn1ccnc1-c1cccc(O)c1O. The average molecular weight is 190 g/mol. The van der Waals surface area contributed by atoms with E-state index in [1.54, 1.807) is 29.1 Å². The van der Waals surface area contributed by atoms with Crippen LogP contribution in [0.5, 0.6) is 11.5 Å². The molecule has 1 aromatic carbocycles. The molecule has 0 aliphatic rings. The molecule has 0 unspecified atom stereocenters. The van der Waals surface area contributed by atoms with Crippen LogP contribution >= 0.6 is 0 Å². The Morgan fingerprint density at radius 2 is 2.07 bits per heavy atom. The molecule has 2 aromatic rings. The first-order chi connectivity index (χ1) is 6.70. The molecule has 0 saturated carbocycles. The molecule has 2 rings (SSSR count). The average Bonchev–Trinajstić information content (AvgIpc) is 2.57. The largest absolute Gasteiger partial charge is 0.504 e. The zero-order valence-electron chi connectivity index (χ0n) is 7.68. The van der Waals surface area contributed by atoms with E-state index in [1.807, 2.05) is 7.05 Å². The van der Waals surface area contributed by atoms with Gasteiger partial charge in [0.05, 0.1) is 5.56 Å². The van der Waals surface area contributed by atoms with Gasteiger partial charge in [0.25, 0.3) is 0 Å². The maximum atomic E-state index is 9.59. The summed E-state index contributed by atoms with van der Waals surface area (Å²) in [5.41, 5.74) is 0.525. The molecule has 0 aliphatic heterocycles. The summed E-state index contributed by atoms with van der Waals surface area (Å²) < 4.78 is 1.77. The molecule has 4 nitrogen and oxygen atoms in total. The highest BCUT2D eigenvalue weighted by Gasteiger charge is 2.10. The van der Waals surface area contributed by atoms with Crippen molar-refractivity contribution in [2.75, 3.05) is 0 Å². The van der Waals surface area contributed by atoms with Crippen LogP contribution < -0.4 is 0 Å².